The number of sulfonamides is 2. The van der Waals surface area contributed by atoms with E-state index in [1.807, 2.05) is 36.4 Å². The Morgan fingerprint density at radius 2 is 0.864 bits per heavy atom. The molecule has 12 nitrogen and oxygen atoms in total. The van der Waals surface area contributed by atoms with Gasteiger partial charge in [0.1, 0.15) is 46.4 Å². The highest BCUT2D eigenvalue weighted by Crippen LogP contribution is 2.37. The van der Waals surface area contributed by atoms with Crippen LogP contribution in [0.25, 0.3) is 21.9 Å². The van der Waals surface area contributed by atoms with Crippen molar-refractivity contribution in [3.63, 3.8) is 0 Å². The van der Waals surface area contributed by atoms with E-state index in [0.717, 1.165) is 21.9 Å². The summed E-state index contributed by atoms with van der Waals surface area (Å²) in [6, 6.07) is 33.9. The first-order chi connectivity index (χ1) is 31.8. The van der Waals surface area contributed by atoms with Crippen LogP contribution in [0, 0.1) is 25.5 Å². The highest BCUT2D eigenvalue weighted by Gasteiger charge is 2.30. The van der Waals surface area contributed by atoms with E-state index in [4.69, 9.17) is 27.8 Å². The van der Waals surface area contributed by atoms with Gasteiger partial charge in [-0.1, -0.05) is 48.5 Å². The van der Waals surface area contributed by atoms with E-state index in [9.17, 15) is 25.6 Å². The molecular formula is C50H44F2N2O10S2. The number of ether oxygens (including phenoxy) is 4. The normalized spacial score (nSPS) is 14.7. The molecule has 10 rings (SSSR count). The highest BCUT2D eigenvalue weighted by atomic mass is 32.2. The van der Waals surface area contributed by atoms with E-state index in [1.54, 1.807) is 62.4 Å². The van der Waals surface area contributed by atoms with Gasteiger partial charge in [-0.25, -0.2) is 25.6 Å². The van der Waals surface area contributed by atoms with Crippen LogP contribution in [0.15, 0.2) is 152 Å². The minimum absolute atomic E-state index is 0.0157. The van der Waals surface area contributed by atoms with Crippen molar-refractivity contribution < 1.29 is 53.4 Å². The number of hydrogen-bond donors (Lipinski definition) is 2. The second kappa shape index (κ2) is 18.6. The van der Waals surface area contributed by atoms with Crippen LogP contribution in [0.3, 0.4) is 0 Å². The molecule has 8 aromatic rings. The molecule has 2 N–H and O–H groups in total. The van der Waals surface area contributed by atoms with Crippen molar-refractivity contribution in [2.24, 2.45) is 0 Å². The predicted octanol–water partition coefficient (Wildman–Crippen LogP) is 10.2. The third-order valence-corrected chi connectivity index (χ3v) is 14.0. The zero-order chi connectivity index (χ0) is 46.0. The van der Waals surface area contributed by atoms with E-state index in [1.165, 1.54) is 48.5 Å². The van der Waals surface area contributed by atoms with Crippen LogP contribution in [0.5, 0.6) is 23.0 Å². The van der Waals surface area contributed by atoms with Gasteiger partial charge in [0.2, 0.25) is 20.0 Å². The summed E-state index contributed by atoms with van der Waals surface area (Å²) < 4.78 is 122. The highest BCUT2D eigenvalue weighted by molar-refractivity contribution is 7.89. The summed E-state index contributed by atoms with van der Waals surface area (Å²) in [4.78, 5) is 0.0313. The first kappa shape index (κ1) is 44.5. The molecule has 0 amide bonds. The van der Waals surface area contributed by atoms with Crippen LogP contribution < -0.4 is 28.4 Å². The van der Waals surface area contributed by atoms with Crippen molar-refractivity contribution >= 4 is 42.0 Å². The molecule has 6 aromatic carbocycles. The van der Waals surface area contributed by atoms with Gasteiger partial charge < -0.3 is 27.8 Å². The Bertz CT molecular complexity index is 3010. The lowest BCUT2D eigenvalue weighted by Gasteiger charge is -2.20. The molecule has 0 radical (unpaired) electrons. The zero-order valence-electron chi connectivity index (χ0n) is 35.8. The largest absolute Gasteiger partial charge is 0.490 e. The zero-order valence-corrected chi connectivity index (χ0v) is 37.4. The van der Waals surface area contributed by atoms with E-state index < -0.39 is 43.8 Å². The van der Waals surface area contributed by atoms with E-state index in [-0.39, 0.29) is 9.79 Å². The fourth-order valence-electron chi connectivity index (χ4n) is 7.75. The summed E-state index contributed by atoms with van der Waals surface area (Å²) in [7, 11) is -8.07. The number of benzene rings is 6. The van der Waals surface area contributed by atoms with E-state index >= 15 is 0 Å². The molecule has 4 heterocycles. The van der Waals surface area contributed by atoms with Crippen molar-refractivity contribution in [2.75, 3.05) is 26.4 Å². The minimum Gasteiger partial charge on any atom is -0.490 e. The van der Waals surface area contributed by atoms with E-state index in [2.05, 4.69) is 9.44 Å². The van der Waals surface area contributed by atoms with Gasteiger partial charge in [-0.2, -0.15) is 9.44 Å². The number of hydrogen-bond acceptors (Lipinski definition) is 10. The number of nitrogens with one attached hydrogen (secondary N) is 2. The summed E-state index contributed by atoms with van der Waals surface area (Å²) in [5, 5.41) is 1.64. The Labute approximate surface area is 380 Å². The van der Waals surface area contributed by atoms with E-state index in [0.29, 0.717) is 96.1 Å². The maximum Gasteiger partial charge on any atom is 0.241 e. The Balaban J connectivity index is 0.000000166. The average Bonchev–Trinajstić information content (AvgIpc) is 3.77. The molecular weight excluding hydrogens is 891 g/mol. The van der Waals surface area contributed by atoms with Crippen LogP contribution in [-0.4, -0.2) is 43.3 Å². The topological polar surface area (TPSA) is 156 Å². The molecule has 0 saturated heterocycles. The fourth-order valence-corrected chi connectivity index (χ4v) is 10.1. The number of halogens is 2. The third-order valence-electron chi connectivity index (χ3n) is 11.2. The number of rotatable bonds is 10. The van der Waals surface area contributed by atoms with Crippen LogP contribution in [0.4, 0.5) is 8.78 Å². The molecule has 0 aliphatic carbocycles. The molecule has 0 saturated carbocycles. The smallest absolute Gasteiger partial charge is 0.241 e. The molecule has 2 aliphatic heterocycles. The molecule has 0 fully saturated rings. The fraction of sp³-hybridized carbons (Fsp3) is 0.200. The maximum atomic E-state index is 14.2. The standard InChI is InChI=1S/2C25H22FNO5S/c2*1-16-7-8-18(26)14-20(16)25(24-13-17-5-2-3-6-21(17)32-24)27-33(28,29)19-9-10-22-23(15-19)31-12-4-11-30-22/h2*2-3,5-10,13-15,25,27H,4,11-12H2,1H3/t2*25-/m10/s1. The average molecular weight is 935 g/mol. The summed E-state index contributed by atoms with van der Waals surface area (Å²) in [5.41, 5.74) is 3.60. The van der Waals surface area contributed by atoms with Crippen molar-refractivity contribution in [3.8, 4) is 23.0 Å². The van der Waals surface area contributed by atoms with Crippen molar-refractivity contribution in [3.05, 3.63) is 179 Å². The number of para-hydroxylation sites is 2. The van der Waals surface area contributed by atoms with Gasteiger partial charge in [-0.05, 0) is 109 Å². The second-order valence-electron chi connectivity index (χ2n) is 15.8. The Kier molecular flexibility index (Phi) is 12.6. The lowest BCUT2D eigenvalue weighted by Crippen LogP contribution is -2.30. The SMILES string of the molecule is Cc1ccc(F)cc1[C@@H](NS(=O)(=O)c1ccc2c(c1)OCCCO2)c1cc2ccccc2o1.Cc1ccc(F)cc1[C@H](NS(=O)(=O)c1ccc2c(c1)OCCCO2)c1cc2ccccc2o1. The first-order valence-corrected chi connectivity index (χ1v) is 24.1. The van der Waals surface area contributed by atoms with Gasteiger partial charge >= 0.3 is 0 Å². The van der Waals surface area contributed by atoms with Crippen LogP contribution in [0.1, 0.15) is 58.7 Å². The summed E-state index contributed by atoms with van der Waals surface area (Å²) in [6.45, 7) is 5.48. The Hall–Kier alpha value is -6.72. The Morgan fingerprint density at radius 1 is 0.470 bits per heavy atom. The molecule has 2 atom stereocenters. The molecule has 66 heavy (non-hydrogen) atoms. The number of aryl methyl sites for hydroxylation is 2. The second-order valence-corrected chi connectivity index (χ2v) is 19.2. The Morgan fingerprint density at radius 3 is 1.27 bits per heavy atom. The van der Waals surface area contributed by atoms with Crippen LogP contribution >= 0.6 is 0 Å². The van der Waals surface area contributed by atoms with Gasteiger partial charge in [0.15, 0.2) is 23.0 Å². The lowest BCUT2D eigenvalue weighted by molar-refractivity contribution is 0.296. The predicted molar refractivity (Wildman–Crippen MR) is 243 cm³/mol. The van der Waals surface area contributed by atoms with Crippen LogP contribution in [-0.2, 0) is 20.0 Å². The minimum atomic E-state index is -4.04. The molecule has 2 aliphatic rings. The molecule has 0 spiro atoms. The van der Waals surface area contributed by atoms with Gasteiger partial charge in [0, 0.05) is 35.7 Å². The summed E-state index contributed by atoms with van der Waals surface area (Å²) in [5.74, 6) is 1.54. The lowest BCUT2D eigenvalue weighted by atomic mass is 10.00. The molecule has 0 unspecified atom stereocenters. The monoisotopic (exact) mass is 934 g/mol. The van der Waals surface area contributed by atoms with Crippen LogP contribution in [0.2, 0.25) is 0 Å². The number of furan rings is 2. The molecule has 16 heteroatoms. The van der Waals surface area contributed by atoms with Gasteiger partial charge in [0.05, 0.1) is 36.2 Å². The van der Waals surface area contributed by atoms with Crippen molar-refractivity contribution in [1.29, 1.82) is 0 Å². The van der Waals surface area contributed by atoms with Gasteiger partial charge in [0.25, 0.3) is 0 Å². The van der Waals surface area contributed by atoms with Gasteiger partial charge in [-0.3, -0.25) is 0 Å². The molecule has 2 aromatic heterocycles. The molecule has 340 valence electrons. The quantitative estimate of drug-likeness (QED) is 0.135. The van der Waals surface area contributed by atoms with Gasteiger partial charge in [-0.15, -0.1) is 0 Å². The molecule has 0 bridgehead atoms. The maximum absolute atomic E-state index is 14.2. The third kappa shape index (κ3) is 9.63. The summed E-state index contributed by atoms with van der Waals surface area (Å²) in [6.07, 6.45) is 1.42. The number of fused-ring (bicyclic) bond motifs is 4. The van der Waals surface area contributed by atoms with Crippen molar-refractivity contribution in [1.82, 2.24) is 9.44 Å². The summed E-state index contributed by atoms with van der Waals surface area (Å²) >= 11 is 0. The first-order valence-electron chi connectivity index (χ1n) is 21.1. The van der Waals surface area contributed by atoms with Crippen molar-refractivity contribution in [2.45, 2.75) is 48.6 Å².